The van der Waals surface area contributed by atoms with Crippen molar-refractivity contribution >= 4 is 5.95 Å². The van der Waals surface area contributed by atoms with Crippen molar-refractivity contribution in [2.45, 2.75) is 32.9 Å². The standard InChI is InChI=1S/C16H22N4/c1-3-9-17-16-19-11-14(12-20-16)10-18-13(2)15-7-5-4-6-8-15/h4-8,11-13,18H,3,9-10H2,1-2H3,(H,17,19,20)/t13-/m0/s1. The van der Waals surface area contributed by atoms with E-state index in [1.165, 1.54) is 5.56 Å². The fourth-order valence-electron chi connectivity index (χ4n) is 1.90. The monoisotopic (exact) mass is 270 g/mol. The summed E-state index contributed by atoms with van der Waals surface area (Å²) in [5, 5.41) is 6.65. The molecule has 0 fully saturated rings. The number of rotatable bonds is 7. The number of nitrogens with zero attached hydrogens (tertiary/aromatic N) is 2. The molecule has 2 N–H and O–H groups in total. The summed E-state index contributed by atoms with van der Waals surface area (Å²) in [4.78, 5) is 8.61. The summed E-state index contributed by atoms with van der Waals surface area (Å²) in [6, 6.07) is 10.7. The normalized spacial score (nSPS) is 12.1. The van der Waals surface area contributed by atoms with Crippen LogP contribution in [0.2, 0.25) is 0 Å². The van der Waals surface area contributed by atoms with Crippen LogP contribution in [-0.2, 0) is 6.54 Å². The fourth-order valence-corrected chi connectivity index (χ4v) is 1.90. The van der Waals surface area contributed by atoms with E-state index in [4.69, 9.17) is 0 Å². The molecule has 1 aromatic heterocycles. The van der Waals surface area contributed by atoms with Crippen LogP contribution in [0.5, 0.6) is 0 Å². The topological polar surface area (TPSA) is 49.8 Å². The average molecular weight is 270 g/mol. The summed E-state index contributed by atoms with van der Waals surface area (Å²) < 4.78 is 0. The molecule has 0 unspecified atom stereocenters. The predicted octanol–water partition coefficient (Wildman–Crippen LogP) is 3.15. The fraction of sp³-hybridized carbons (Fsp3) is 0.375. The number of nitrogens with one attached hydrogen (secondary N) is 2. The van der Waals surface area contributed by atoms with Gasteiger partial charge in [-0.15, -0.1) is 0 Å². The van der Waals surface area contributed by atoms with E-state index in [1.807, 2.05) is 18.5 Å². The van der Waals surface area contributed by atoms with Gasteiger partial charge >= 0.3 is 0 Å². The minimum absolute atomic E-state index is 0.314. The summed E-state index contributed by atoms with van der Waals surface area (Å²) >= 11 is 0. The highest BCUT2D eigenvalue weighted by molar-refractivity contribution is 5.24. The van der Waals surface area contributed by atoms with Gasteiger partial charge < -0.3 is 10.6 Å². The zero-order valence-corrected chi connectivity index (χ0v) is 12.1. The first-order chi connectivity index (χ1) is 9.79. The first-order valence-electron chi connectivity index (χ1n) is 7.12. The maximum absolute atomic E-state index is 4.30. The van der Waals surface area contributed by atoms with E-state index in [0.717, 1.165) is 25.1 Å². The van der Waals surface area contributed by atoms with E-state index in [2.05, 4.69) is 58.7 Å². The van der Waals surface area contributed by atoms with Crippen molar-refractivity contribution in [3.05, 3.63) is 53.9 Å². The molecular formula is C16H22N4. The third-order valence-electron chi connectivity index (χ3n) is 3.15. The highest BCUT2D eigenvalue weighted by Crippen LogP contribution is 2.12. The Labute approximate surface area is 120 Å². The van der Waals surface area contributed by atoms with Crippen molar-refractivity contribution in [3.63, 3.8) is 0 Å². The van der Waals surface area contributed by atoms with Crippen molar-refractivity contribution in [1.29, 1.82) is 0 Å². The molecule has 0 aliphatic rings. The van der Waals surface area contributed by atoms with Crippen molar-refractivity contribution in [3.8, 4) is 0 Å². The second-order valence-corrected chi connectivity index (χ2v) is 4.85. The molecule has 0 saturated heterocycles. The van der Waals surface area contributed by atoms with E-state index in [1.54, 1.807) is 0 Å². The van der Waals surface area contributed by atoms with Gasteiger partial charge in [0, 0.05) is 37.1 Å². The third-order valence-corrected chi connectivity index (χ3v) is 3.15. The molecule has 4 heteroatoms. The molecule has 0 spiro atoms. The summed E-state index contributed by atoms with van der Waals surface area (Å²) in [5.41, 5.74) is 2.38. The van der Waals surface area contributed by atoms with E-state index in [9.17, 15) is 0 Å². The number of benzene rings is 1. The van der Waals surface area contributed by atoms with Crippen LogP contribution in [0.1, 0.15) is 37.4 Å². The van der Waals surface area contributed by atoms with Crippen molar-refractivity contribution in [2.24, 2.45) is 0 Å². The van der Waals surface area contributed by atoms with Crippen molar-refractivity contribution in [1.82, 2.24) is 15.3 Å². The molecule has 1 atom stereocenters. The summed E-state index contributed by atoms with van der Waals surface area (Å²) in [7, 11) is 0. The SMILES string of the molecule is CCCNc1ncc(CN[C@@H](C)c2ccccc2)cn1. The number of hydrogen-bond acceptors (Lipinski definition) is 4. The zero-order chi connectivity index (χ0) is 14.2. The van der Waals surface area contributed by atoms with Gasteiger partial charge in [0.15, 0.2) is 0 Å². The smallest absolute Gasteiger partial charge is 0.222 e. The van der Waals surface area contributed by atoms with Crippen molar-refractivity contribution in [2.75, 3.05) is 11.9 Å². The first kappa shape index (κ1) is 14.5. The van der Waals surface area contributed by atoms with Crippen LogP contribution in [0.25, 0.3) is 0 Å². The summed E-state index contributed by atoms with van der Waals surface area (Å²) in [6.07, 6.45) is 4.81. The van der Waals surface area contributed by atoms with E-state index in [0.29, 0.717) is 12.0 Å². The molecule has 20 heavy (non-hydrogen) atoms. The second-order valence-electron chi connectivity index (χ2n) is 4.85. The van der Waals surface area contributed by atoms with Crippen LogP contribution < -0.4 is 10.6 Å². The lowest BCUT2D eigenvalue weighted by Crippen LogP contribution is -2.18. The Morgan fingerprint density at radius 2 is 1.80 bits per heavy atom. The van der Waals surface area contributed by atoms with Gasteiger partial charge in [-0.05, 0) is 18.9 Å². The van der Waals surface area contributed by atoms with E-state index in [-0.39, 0.29) is 0 Å². The Kier molecular flexibility index (Phi) is 5.50. The molecule has 0 amide bonds. The van der Waals surface area contributed by atoms with Gasteiger partial charge in [0.1, 0.15) is 0 Å². The van der Waals surface area contributed by atoms with Crippen LogP contribution >= 0.6 is 0 Å². The lowest BCUT2D eigenvalue weighted by molar-refractivity contribution is 0.573. The lowest BCUT2D eigenvalue weighted by atomic mass is 10.1. The summed E-state index contributed by atoms with van der Waals surface area (Å²) in [6.45, 7) is 5.95. The third kappa shape index (κ3) is 4.31. The van der Waals surface area contributed by atoms with Gasteiger partial charge in [-0.25, -0.2) is 9.97 Å². The van der Waals surface area contributed by atoms with Crippen LogP contribution in [0, 0.1) is 0 Å². The van der Waals surface area contributed by atoms with Crippen LogP contribution in [0.3, 0.4) is 0 Å². The molecule has 0 bridgehead atoms. The van der Waals surface area contributed by atoms with Gasteiger partial charge in [-0.2, -0.15) is 0 Å². The molecule has 4 nitrogen and oxygen atoms in total. The Morgan fingerprint density at radius 1 is 1.10 bits per heavy atom. The van der Waals surface area contributed by atoms with Crippen LogP contribution in [-0.4, -0.2) is 16.5 Å². The minimum atomic E-state index is 0.314. The molecule has 0 aliphatic heterocycles. The first-order valence-corrected chi connectivity index (χ1v) is 7.12. The van der Waals surface area contributed by atoms with E-state index >= 15 is 0 Å². The quantitative estimate of drug-likeness (QED) is 0.811. The Hall–Kier alpha value is -1.94. The highest BCUT2D eigenvalue weighted by Gasteiger charge is 2.04. The highest BCUT2D eigenvalue weighted by atomic mass is 15.1. The van der Waals surface area contributed by atoms with E-state index < -0.39 is 0 Å². The summed E-state index contributed by atoms with van der Waals surface area (Å²) in [5.74, 6) is 0.701. The minimum Gasteiger partial charge on any atom is -0.354 e. The predicted molar refractivity (Wildman–Crippen MR) is 82.5 cm³/mol. The number of anilines is 1. The molecular weight excluding hydrogens is 248 g/mol. The van der Waals surface area contributed by atoms with Gasteiger partial charge in [0.05, 0.1) is 0 Å². The second kappa shape index (κ2) is 7.60. The Morgan fingerprint density at radius 3 is 2.45 bits per heavy atom. The molecule has 0 radical (unpaired) electrons. The molecule has 2 rings (SSSR count). The zero-order valence-electron chi connectivity index (χ0n) is 12.1. The maximum Gasteiger partial charge on any atom is 0.222 e. The number of hydrogen-bond donors (Lipinski definition) is 2. The Balaban J connectivity index is 1.84. The maximum atomic E-state index is 4.30. The van der Waals surface area contributed by atoms with Gasteiger partial charge in [0.2, 0.25) is 5.95 Å². The van der Waals surface area contributed by atoms with Crippen LogP contribution in [0.15, 0.2) is 42.7 Å². The molecule has 0 saturated carbocycles. The lowest BCUT2D eigenvalue weighted by Gasteiger charge is -2.14. The average Bonchev–Trinajstić information content (AvgIpc) is 2.52. The molecule has 0 aliphatic carbocycles. The van der Waals surface area contributed by atoms with Crippen molar-refractivity contribution < 1.29 is 0 Å². The molecule has 1 heterocycles. The van der Waals surface area contributed by atoms with Crippen LogP contribution in [0.4, 0.5) is 5.95 Å². The van der Waals surface area contributed by atoms with Gasteiger partial charge in [-0.1, -0.05) is 37.3 Å². The molecule has 106 valence electrons. The number of aromatic nitrogens is 2. The van der Waals surface area contributed by atoms with Gasteiger partial charge in [0.25, 0.3) is 0 Å². The van der Waals surface area contributed by atoms with Gasteiger partial charge in [-0.3, -0.25) is 0 Å². The molecule has 2 aromatic rings. The largest absolute Gasteiger partial charge is 0.354 e. The molecule has 1 aromatic carbocycles. The Bertz CT molecular complexity index is 496.